The second kappa shape index (κ2) is 6.27. The Hall–Kier alpha value is -3.95. The summed E-state index contributed by atoms with van der Waals surface area (Å²) < 4.78 is 12.6. The molecule has 0 amide bonds. The number of H-pyrrole nitrogens is 1. The van der Waals surface area contributed by atoms with Gasteiger partial charge in [-0.3, -0.25) is 4.79 Å². The van der Waals surface area contributed by atoms with Crippen LogP contribution in [0.3, 0.4) is 0 Å². The number of hydrogen-bond acceptors (Lipinski definition) is 8. The molecule has 3 aromatic heterocycles. The molecule has 2 aliphatic rings. The van der Waals surface area contributed by atoms with Gasteiger partial charge in [-0.1, -0.05) is 18.2 Å². The molecule has 1 aliphatic heterocycles. The Labute approximate surface area is 175 Å². The topological polar surface area (TPSA) is 142 Å². The average Bonchev–Trinajstić information content (AvgIpc) is 3.45. The highest BCUT2D eigenvalue weighted by Gasteiger charge is 2.48. The zero-order valence-electron chi connectivity index (χ0n) is 16.4. The molecule has 1 aliphatic carbocycles. The van der Waals surface area contributed by atoms with Gasteiger partial charge in [0.2, 0.25) is 0 Å². The second-order valence-corrected chi connectivity index (χ2v) is 8.00. The van der Waals surface area contributed by atoms with Crippen LogP contribution in [-0.2, 0) is 10.3 Å². The number of pyridine rings is 1. The minimum Gasteiger partial charge on any atom is -0.451 e. The molecule has 0 saturated heterocycles. The van der Waals surface area contributed by atoms with Crippen LogP contribution in [0.4, 0.5) is 5.82 Å². The number of hydrogen-bond donors (Lipinski definition) is 2. The van der Waals surface area contributed by atoms with E-state index >= 15 is 0 Å². The third-order valence-corrected chi connectivity index (χ3v) is 6.40. The van der Waals surface area contributed by atoms with E-state index in [4.69, 9.17) is 15.1 Å². The van der Waals surface area contributed by atoms with E-state index in [0.29, 0.717) is 41.0 Å². The zero-order valence-corrected chi connectivity index (χ0v) is 16.4. The number of esters is 1. The quantitative estimate of drug-likeness (QED) is 0.473. The SMILES string of the molecule is Nc1nonc1-c1nc2c(=O)[nH]ccc2n1C1CCC2(CC1)OC(=O)c1ccccc12. The first kappa shape index (κ1) is 17.9. The number of aromatic amines is 1. The van der Waals surface area contributed by atoms with Crippen molar-refractivity contribution in [2.24, 2.45) is 0 Å². The maximum absolute atomic E-state index is 12.4. The van der Waals surface area contributed by atoms with Crippen LogP contribution >= 0.6 is 0 Å². The van der Waals surface area contributed by atoms with Crippen LogP contribution in [0, 0.1) is 0 Å². The maximum atomic E-state index is 12.4. The number of carbonyl (C=O) groups excluding carboxylic acids is 1. The number of nitrogens with zero attached hydrogens (tertiary/aromatic N) is 4. The van der Waals surface area contributed by atoms with Crippen molar-refractivity contribution in [3.63, 3.8) is 0 Å². The van der Waals surface area contributed by atoms with Gasteiger partial charge in [0, 0.05) is 17.8 Å². The van der Waals surface area contributed by atoms with Crippen LogP contribution in [0.5, 0.6) is 0 Å². The monoisotopic (exact) mass is 418 g/mol. The van der Waals surface area contributed by atoms with Crippen LogP contribution in [0.15, 0.2) is 46.0 Å². The number of imidazole rings is 1. The first-order valence-corrected chi connectivity index (χ1v) is 10.1. The first-order valence-electron chi connectivity index (χ1n) is 10.1. The number of aromatic nitrogens is 5. The van der Waals surface area contributed by atoms with E-state index < -0.39 is 5.60 Å². The summed E-state index contributed by atoms with van der Waals surface area (Å²) in [4.78, 5) is 31.9. The van der Waals surface area contributed by atoms with E-state index in [0.717, 1.165) is 18.4 Å². The van der Waals surface area contributed by atoms with Gasteiger partial charge in [-0.25, -0.2) is 14.4 Å². The van der Waals surface area contributed by atoms with Crippen molar-refractivity contribution >= 4 is 22.8 Å². The predicted molar refractivity (Wildman–Crippen MR) is 109 cm³/mol. The van der Waals surface area contributed by atoms with Gasteiger partial charge in [0.15, 0.2) is 22.9 Å². The standard InChI is InChI=1S/C21H18N6O4/c22-17-16(25-31-26-17)18-24-15-14(7-10-23-19(15)28)27(18)11-5-8-21(9-6-11)13-4-2-1-3-12(13)20(29)30-21/h1-4,7,10-11H,5-6,8-9H2,(H2,22,26)(H,23,28). The molecule has 156 valence electrons. The Kier molecular flexibility index (Phi) is 3.62. The third kappa shape index (κ3) is 2.47. The number of nitrogens with two attached hydrogens (primary N) is 1. The van der Waals surface area contributed by atoms with Gasteiger partial charge in [-0.2, -0.15) is 0 Å². The van der Waals surface area contributed by atoms with E-state index in [2.05, 4.69) is 20.3 Å². The fraction of sp³-hybridized carbons (Fsp3) is 0.286. The van der Waals surface area contributed by atoms with E-state index in [-0.39, 0.29) is 23.4 Å². The summed E-state index contributed by atoms with van der Waals surface area (Å²) in [6.45, 7) is 0. The number of ether oxygens (including phenoxy) is 1. The lowest BCUT2D eigenvalue weighted by Gasteiger charge is -2.37. The molecule has 1 fully saturated rings. The first-order chi connectivity index (χ1) is 15.1. The normalized spacial score (nSPS) is 22.7. The second-order valence-electron chi connectivity index (χ2n) is 8.00. The Bertz CT molecular complexity index is 1390. The molecule has 10 heteroatoms. The van der Waals surface area contributed by atoms with Crippen molar-refractivity contribution in [3.05, 3.63) is 58.0 Å². The Morgan fingerprint density at radius 2 is 1.94 bits per heavy atom. The van der Waals surface area contributed by atoms with Crippen molar-refractivity contribution in [1.29, 1.82) is 0 Å². The molecule has 4 aromatic rings. The van der Waals surface area contributed by atoms with Gasteiger partial charge >= 0.3 is 5.97 Å². The molecule has 31 heavy (non-hydrogen) atoms. The van der Waals surface area contributed by atoms with E-state index in [1.54, 1.807) is 6.20 Å². The molecular formula is C21H18N6O4. The molecule has 1 aromatic carbocycles. The number of benzene rings is 1. The van der Waals surface area contributed by atoms with Crippen molar-refractivity contribution in [2.75, 3.05) is 5.73 Å². The van der Waals surface area contributed by atoms with E-state index in [1.807, 2.05) is 34.9 Å². The summed E-state index contributed by atoms with van der Waals surface area (Å²) in [7, 11) is 0. The smallest absolute Gasteiger partial charge is 0.339 e. The lowest BCUT2D eigenvalue weighted by atomic mass is 9.77. The van der Waals surface area contributed by atoms with Crippen LogP contribution in [0.2, 0.25) is 0 Å². The number of anilines is 1. The predicted octanol–water partition coefficient (Wildman–Crippen LogP) is 2.54. The Morgan fingerprint density at radius 1 is 1.13 bits per heavy atom. The van der Waals surface area contributed by atoms with Gasteiger partial charge in [-0.05, 0) is 48.1 Å². The summed E-state index contributed by atoms with van der Waals surface area (Å²) in [5.74, 6) is 0.282. The Morgan fingerprint density at radius 3 is 2.71 bits per heavy atom. The van der Waals surface area contributed by atoms with Crippen LogP contribution in [0.25, 0.3) is 22.6 Å². The van der Waals surface area contributed by atoms with E-state index in [1.165, 1.54) is 0 Å². The van der Waals surface area contributed by atoms with E-state index in [9.17, 15) is 9.59 Å². The van der Waals surface area contributed by atoms with Crippen LogP contribution in [0.1, 0.15) is 47.6 Å². The van der Waals surface area contributed by atoms with Gasteiger partial charge in [0.25, 0.3) is 5.56 Å². The number of nitrogens with one attached hydrogen (secondary N) is 1. The minimum absolute atomic E-state index is 0.00925. The van der Waals surface area contributed by atoms with Crippen LogP contribution < -0.4 is 11.3 Å². The lowest BCUT2D eigenvalue weighted by Crippen LogP contribution is -2.33. The molecule has 1 spiro atoms. The van der Waals surface area contributed by atoms with Gasteiger partial charge in [0.1, 0.15) is 5.60 Å². The third-order valence-electron chi connectivity index (χ3n) is 6.40. The summed E-state index contributed by atoms with van der Waals surface area (Å²) in [6, 6.07) is 9.39. The van der Waals surface area contributed by atoms with Crippen molar-refractivity contribution < 1.29 is 14.2 Å². The highest BCUT2D eigenvalue weighted by Crippen LogP contribution is 2.50. The fourth-order valence-electron chi connectivity index (χ4n) is 4.97. The number of rotatable bonds is 2. The molecule has 3 N–H and O–H groups in total. The fourth-order valence-corrected chi connectivity index (χ4v) is 4.97. The number of fused-ring (bicyclic) bond motifs is 3. The summed E-state index contributed by atoms with van der Waals surface area (Å²) in [5, 5.41) is 7.56. The summed E-state index contributed by atoms with van der Waals surface area (Å²) in [5.41, 5.74) is 7.92. The van der Waals surface area contributed by atoms with Gasteiger partial charge < -0.3 is 20.0 Å². The number of nitrogen functional groups attached to an aromatic ring is 1. The Balaban J connectivity index is 1.43. The number of carbonyl (C=O) groups is 1. The molecule has 0 unspecified atom stereocenters. The van der Waals surface area contributed by atoms with Crippen molar-refractivity contribution in [2.45, 2.75) is 37.3 Å². The minimum atomic E-state index is -0.604. The maximum Gasteiger partial charge on any atom is 0.339 e. The molecule has 4 heterocycles. The van der Waals surface area contributed by atoms with Crippen LogP contribution in [-0.4, -0.2) is 30.8 Å². The van der Waals surface area contributed by atoms with Crippen molar-refractivity contribution in [1.82, 2.24) is 24.8 Å². The van der Waals surface area contributed by atoms with Gasteiger partial charge in [-0.15, -0.1) is 0 Å². The molecule has 1 saturated carbocycles. The summed E-state index contributed by atoms with van der Waals surface area (Å²) in [6.07, 6.45) is 4.36. The lowest BCUT2D eigenvalue weighted by molar-refractivity contribution is -0.0344. The molecule has 0 bridgehead atoms. The molecule has 0 radical (unpaired) electrons. The molecule has 0 atom stereocenters. The highest BCUT2D eigenvalue weighted by molar-refractivity contribution is 5.94. The molecule has 10 nitrogen and oxygen atoms in total. The molecule has 6 rings (SSSR count). The average molecular weight is 418 g/mol. The van der Waals surface area contributed by atoms with Gasteiger partial charge in [0.05, 0.1) is 11.1 Å². The zero-order chi connectivity index (χ0) is 21.2. The largest absolute Gasteiger partial charge is 0.451 e. The summed E-state index contributed by atoms with van der Waals surface area (Å²) >= 11 is 0. The van der Waals surface area contributed by atoms with Crippen molar-refractivity contribution in [3.8, 4) is 11.5 Å². The highest BCUT2D eigenvalue weighted by atomic mass is 16.6. The molecular weight excluding hydrogens is 400 g/mol.